The fourth-order valence-corrected chi connectivity index (χ4v) is 3.66. The van der Waals surface area contributed by atoms with Crippen LogP contribution in [0.15, 0.2) is 36.5 Å². The highest BCUT2D eigenvalue weighted by Crippen LogP contribution is 2.32. The number of halogens is 3. The summed E-state index contributed by atoms with van der Waals surface area (Å²) in [5.74, 6) is 0.0642. The fraction of sp³-hybridized carbons (Fsp3) is 0.429. The molecular formula is C21H22F3N5O3. The number of alkyl halides is 3. The number of amides is 1. The standard InChI is InChI=1S/C21H22F3N5O3/c22-21(23,24)14-2-6-19(25-12-14)28-9-7-16(8-10-28)27-20(30)13-1-5-17(26-15-3-4-15)18(11-13)29(31)32/h1-2,5-6,11-12,15-16,26H,3-4,7-10H2,(H,27,30). The van der Waals surface area contributed by atoms with Crippen LogP contribution in [0.3, 0.4) is 0 Å². The van der Waals surface area contributed by atoms with E-state index in [0.717, 1.165) is 25.1 Å². The fourth-order valence-electron chi connectivity index (χ4n) is 3.66. The van der Waals surface area contributed by atoms with Gasteiger partial charge in [0.15, 0.2) is 0 Å². The number of piperidine rings is 1. The maximum atomic E-state index is 12.7. The average molecular weight is 449 g/mol. The van der Waals surface area contributed by atoms with E-state index in [1.165, 1.54) is 12.1 Å². The van der Waals surface area contributed by atoms with Crippen LogP contribution >= 0.6 is 0 Å². The molecule has 1 saturated carbocycles. The summed E-state index contributed by atoms with van der Waals surface area (Å²) in [5, 5.41) is 17.4. The van der Waals surface area contributed by atoms with Crippen molar-refractivity contribution in [2.45, 2.75) is 43.9 Å². The molecule has 170 valence electrons. The molecular weight excluding hydrogens is 427 g/mol. The van der Waals surface area contributed by atoms with Gasteiger partial charge in [0.2, 0.25) is 0 Å². The van der Waals surface area contributed by atoms with Gasteiger partial charge in [-0.05, 0) is 49.9 Å². The third kappa shape index (κ3) is 5.09. The van der Waals surface area contributed by atoms with Crippen LogP contribution in [0, 0.1) is 10.1 Å². The van der Waals surface area contributed by atoms with Gasteiger partial charge in [-0.25, -0.2) is 4.98 Å². The molecule has 2 aliphatic rings. The van der Waals surface area contributed by atoms with E-state index in [1.807, 2.05) is 4.90 Å². The molecule has 1 amide bonds. The minimum atomic E-state index is -4.43. The number of nitrogens with zero attached hydrogens (tertiary/aromatic N) is 3. The first-order valence-corrected chi connectivity index (χ1v) is 10.3. The molecule has 0 unspecified atom stereocenters. The maximum Gasteiger partial charge on any atom is 0.417 e. The number of rotatable bonds is 6. The third-order valence-corrected chi connectivity index (χ3v) is 5.62. The van der Waals surface area contributed by atoms with Gasteiger partial charge in [0.25, 0.3) is 11.6 Å². The normalized spacial score (nSPS) is 17.2. The number of pyridine rings is 1. The summed E-state index contributed by atoms with van der Waals surface area (Å²) in [6.45, 7) is 1.04. The second-order valence-corrected chi connectivity index (χ2v) is 8.05. The Morgan fingerprint density at radius 2 is 1.81 bits per heavy atom. The number of carbonyl (C=O) groups excluding carboxylic acids is 1. The first-order chi connectivity index (χ1) is 15.2. The second kappa shape index (κ2) is 8.64. The Morgan fingerprint density at radius 1 is 1.09 bits per heavy atom. The van der Waals surface area contributed by atoms with Gasteiger partial charge >= 0.3 is 6.18 Å². The van der Waals surface area contributed by atoms with Crippen LogP contribution in [0.1, 0.15) is 41.6 Å². The molecule has 2 fully saturated rings. The topological polar surface area (TPSA) is 100 Å². The molecule has 8 nitrogen and oxygen atoms in total. The van der Waals surface area contributed by atoms with Crippen LogP contribution < -0.4 is 15.5 Å². The molecule has 4 rings (SSSR count). The Hall–Kier alpha value is -3.37. The van der Waals surface area contributed by atoms with Crippen LogP contribution in [0.2, 0.25) is 0 Å². The quantitative estimate of drug-likeness (QED) is 0.511. The van der Waals surface area contributed by atoms with Gasteiger partial charge in [0.1, 0.15) is 11.5 Å². The molecule has 0 atom stereocenters. The van der Waals surface area contributed by atoms with Crippen molar-refractivity contribution in [1.82, 2.24) is 10.3 Å². The molecule has 0 radical (unpaired) electrons. The molecule has 0 bridgehead atoms. The van der Waals surface area contributed by atoms with Gasteiger partial charge in [-0.15, -0.1) is 0 Å². The van der Waals surface area contributed by atoms with E-state index < -0.39 is 22.6 Å². The summed E-state index contributed by atoms with van der Waals surface area (Å²) < 4.78 is 38.1. The van der Waals surface area contributed by atoms with Gasteiger partial charge in [-0.1, -0.05) is 0 Å². The predicted molar refractivity (Wildman–Crippen MR) is 112 cm³/mol. The molecule has 1 saturated heterocycles. The number of nitrogens with one attached hydrogen (secondary N) is 2. The monoisotopic (exact) mass is 449 g/mol. The van der Waals surface area contributed by atoms with Crippen LogP contribution in [0.25, 0.3) is 0 Å². The summed E-state index contributed by atoms with van der Waals surface area (Å²) >= 11 is 0. The van der Waals surface area contributed by atoms with E-state index in [2.05, 4.69) is 15.6 Å². The predicted octanol–water partition coefficient (Wildman–Crippen LogP) is 3.98. The lowest BCUT2D eigenvalue weighted by Gasteiger charge is -2.33. The highest BCUT2D eigenvalue weighted by Gasteiger charge is 2.31. The third-order valence-electron chi connectivity index (χ3n) is 5.62. The lowest BCUT2D eigenvalue weighted by atomic mass is 10.0. The minimum Gasteiger partial charge on any atom is -0.377 e. The van der Waals surface area contributed by atoms with Crippen molar-refractivity contribution in [2.75, 3.05) is 23.3 Å². The SMILES string of the molecule is O=C(NC1CCN(c2ccc(C(F)(F)F)cn2)CC1)c1ccc(NC2CC2)c([N+](=O)[O-])c1. The van der Waals surface area contributed by atoms with E-state index in [-0.39, 0.29) is 23.3 Å². The number of hydrogen-bond acceptors (Lipinski definition) is 6. The zero-order valence-corrected chi connectivity index (χ0v) is 17.1. The molecule has 0 spiro atoms. The smallest absolute Gasteiger partial charge is 0.377 e. The Kier molecular flexibility index (Phi) is 5.90. The molecule has 1 aromatic heterocycles. The van der Waals surface area contributed by atoms with Gasteiger partial charge < -0.3 is 15.5 Å². The molecule has 2 N–H and O–H groups in total. The van der Waals surface area contributed by atoms with E-state index in [9.17, 15) is 28.1 Å². The Bertz CT molecular complexity index is 1000. The molecule has 1 aliphatic carbocycles. The molecule has 32 heavy (non-hydrogen) atoms. The van der Waals surface area contributed by atoms with Gasteiger partial charge in [0, 0.05) is 43.0 Å². The number of carbonyl (C=O) groups is 1. The summed E-state index contributed by atoms with van der Waals surface area (Å²) in [5.41, 5.74) is -0.306. The van der Waals surface area contributed by atoms with E-state index in [0.29, 0.717) is 37.4 Å². The van der Waals surface area contributed by atoms with Crippen molar-refractivity contribution in [3.63, 3.8) is 0 Å². The average Bonchev–Trinajstić information content (AvgIpc) is 3.58. The summed E-state index contributed by atoms with van der Waals surface area (Å²) in [4.78, 5) is 29.3. The highest BCUT2D eigenvalue weighted by atomic mass is 19.4. The van der Waals surface area contributed by atoms with Crippen LogP contribution in [-0.2, 0) is 6.18 Å². The van der Waals surface area contributed by atoms with E-state index >= 15 is 0 Å². The molecule has 1 aliphatic heterocycles. The number of hydrogen-bond donors (Lipinski definition) is 2. The first-order valence-electron chi connectivity index (χ1n) is 10.3. The van der Waals surface area contributed by atoms with Crippen molar-refractivity contribution >= 4 is 23.1 Å². The van der Waals surface area contributed by atoms with Crippen molar-refractivity contribution in [1.29, 1.82) is 0 Å². The van der Waals surface area contributed by atoms with Crippen LogP contribution in [0.4, 0.5) is 30.4 Å². The highest BCUT2D eigenvalue weighted by molar-refractivity contribution is 5.96. The summed E-state index contributed by atoms with van der Waals surface area (Å²) in [6.07, 6.45) is -0.502. The largest absolute Gasteiger partial charge is 0.417 e. The zero-order valence-electron chi connectivity index (χ0n) is 17.1. The Morgan fingerprint density at radius 3 is 2.38 bits per heavy atom. The lowest BCUT2D eigenvalue weighted by Crippen LogP contribution is -2.45. The van der Waals surface area contributed by atoms with Crippen LogP contribution in [-0.4, -0.2) is 41.0 Å². The number of anilines is 2. The summed E-state index contributed by atoms with van der Waals surface area (Å²) in [6, 6.07) is 6.86. The Balaban J connectivity index is 1.34. The maximum absolute atomic E-state index is 12.7. The molecule has 2 aromatic rings. The van der Waals surface area contributed by atoms with Crippen molar-refractivity contribution in [3.8, 4) is 0 Å². The van der Waals surface area contributed by atoms with Crippen molar-refractivity contribution in [2.24, 2.45) is 0 Å². The van der Waals surface area contributed by atoms with Gasteiger partial charge in [-0.2, -0.15) is 13.2 Å². The second-order valence-electron chi connectivity index (χ2n) is 8.05. The van der Waals surface area contributed by atoms with E-state index in [1.54, 1.807) is 12.1 Å². The van der Waals surface area contributed by atoms with Gasteiger partial charge in [0.05, 0.1) is 10.5 Å². The van der Waals surface area contributed by atoms with Crippen molar-refractivity contribution in [3.05, 3.63) is 57.8 Å². The summed E-state index contributed by atoms with van der Waals surface area (Å²) in [7, 11) is 0. The van der Waals surface area contributed by atoms with Crippen molar-refractivity contribution < 1.29 is 22.9 Å². The number of aromatic nitrogens is 1. The van der Waals surface area contributed by atoms with Gasteiger partial charge in [-0.3, -0.25) is 14.9 Å². The minimum absolute atomic E-state index is 0.132. The molecule has 1 aromatic carbocycles. The lowest BCUT2D eigenvalue weighted by molar-refractivity contribution is -0.384. The number of nitro groups is 1. The molecule has 2 heterocycles. The van der Waals surface area contributed by atoms with Crippen LogP contribution in [0.5, 0.6) is 0 Å². The zero-order chi connectivity index (χ0) is 22.9. The number of benzene rings is 1. The molecule has 11 heteroatoms. The van der Waals surface area contributed by atoms with E-state index in [4.69, 9.17) is 0 Å². The Labute approximate surface area is 182 Å². The number of nitro benzene ring substituents is 1. The first kappa shape index (κ1) is 21.8.